The van der Waals surface area contributed by atoms with Crippen molar-refractivity contribution in [1.82, 2.24) is 9.47 Å². The highest BCUT2D eigenvalue weighted by Crippen LogP contribution is 2.34. The van der Waals surface area contributed by atoms with Crippen molar-refractivity contribution in [2.24, 2.45) is 5.92 Å². The number of ether oxygens (including phenoxy) is 1. The van der Waals surface area contributed by atoms with E-state index in [2.05, 4.69) is 22.9 Å². The Morgan fingerprint density at radius 2 is 1.81 bits per heavy atom. The molecule has 1 aromatic heterocycles. The standard InChI is InChI=1S/C26H28N2O3S/c1-18(2)16-28-25(29)24(32-26(28)30)15-20-17-27(22-11-6-5-10-21(20)22)13-8-14-31-23-12-7-4-9-19(23)3/h4-7,9-12,15,17-18H,8,13-14,16H2,1-3H3/b24-15-. The Hall–Kier alpha value is -2.99. The number of hydrogen-bond donors (Lipinski definition) is 0. The summed E-state index contributed by atoms with van der Waals surface area (Å²) in [5.41, 5.74) is 3.19. The second-order valence-electron chi connectivity index (χ2n) is 8.45. The van der Waals surface area contributed by atoms with E-state index in [1.807, 2.05) is 63.2 Å². The lowest BCUT2D eigenvalue weighted by Crippen LogP contribution is -2.31. The first-order valence-corrected chi connectivity index (χ1v) is 11.8. The largest absolute Gasteiger partial charge is 0.493 e. The molecule has 1 fully saturated rings. The molecule has 0 aliphatic carbocycles. The van der Waals surface area contributed by atoms with E-state index in [9.17, 15) is 9.59 Å². The van der Waals surface area contributed by atoms with E-state index in [-0.39, 0.29) is 17.1 Å². The predicted octanol–water partition coefficient (Wildman–Crippen LogP) is 6.11. The van der Waals surface area contributed by atoms with Gasteiger partial charge in [0.2, 0.25) is 0 Å². The molecule has 2 heterocycles. The Balaban J connectivity index is 1.50. The molecule has 1 saturated heterocycles. The van der Waals surface area contributed by atoms with Crippen molar-refractivity contribution >= 4 is 39.9 Å². The van der Waals surface area contributed by atoms with Crippen molar-refractivity contribution in [2.75, 3.05) is 13.2 Å². The van der Waals surface area contributed by atoms with Crippen LogP contribution in [0.3, 0.4) is 0 Å². The van der Waals surface area contributed by atoms with Gasteiger partial charge in [-0.05, 0) is 54.8 Å². The van der Waals surface area contributed by atoms with E-state index >= 15 is 0 Å². The number of aryl methyl sites for hydroxylation is 2. The molecule has 3 aromatic rings. The van der Waals surface area contributed by atoms with Gasteiger partial charge in [0, 0.05) is 35.8 Å². The number of carbonyl (C=O) groups excluding carboxylic acids is 2. The fourth-order valence-electron chi connectivity index (χ4n) is 3.87. The average molecular weight is 449 g/mol. The summed E-state index contributed by atoms with van der Waals surface area (Å²) in [7, 11) is 0. The van der Waals surface area contributed by atoms with Crippen LogP contribution in [0, 0.1) is 12.8 Å². The minimum Gasteiger partial charge on any atom is -0.493 e. The van der Waals surface area contributed by atoms with Crippen molar-refractivity contribution in [3.63, 3.8) is 0 Å². The van der Waals surface area contributed by atoms with Gasteiger partial charge >= 0.3 is 0 Å². The summed E-state index contributed by atoms with van der Waals surface area (Å²) < 4.78 is 8.13. The lowest BCUT2D eigenvalue weighted by molar-refractivity contribution is -0.123. The Bertz CT molecular complexity index is 1180. The van der Waals surface area contributed by atoms with Crippen molar-refractivity contribution in [3.05, 3.63) is 70.8 Å². The zero-order chi connectivity index (χ0) is 22.7. The molecular weight excluding hydrogens is 420 g/mol. The monoisotopic (exact) mass is 448 g/mol. The number of imide groups is 1. The Kier molecular flexibility index (Phi) is 6.70. The molecule has 0 spiro atoms. The third-order valence-corrected chi connectivity index (χ3v) is 6.33. The zero-order valence-corrected chi connectivity index (χ0v) is 19.5. The Labute approximate surface area is 193 Å². The molecular formula is C26H28N2O3S. The summed E-state index contributed by atoms with van der Waals surface area (Å²) in [6.45, 7) is 7.93. The molecule has 4 rings (SSSR count). The topological polar surface area (TPSA) is 51.5 Å². The van der Waals surface area contributed by atoms with Crippen LogP contribution in [0.2, 0.25) is 0 Å². The lowest BCUT2D eigenvalue weighted by atomic mass is 10.1. The maximum atomic E-state index is 12.8. The number of thioether (sulfide) groups is 1. The van der Waals surface area contributed by atoms with Crippen LogP contribution in [0.15, 0.2) is 59.6 Å². The van der Waals surface area contributed by atoms with E-state index < -0.39 is 0 Å². The maximum absolute atomic E-state index is 12.8. The Morgan fingerprint density at radius 1 is 1.06 bits per heavy atom. The molecule has 6 heteroatoms. The summed E-state index contributed by atoms with van der Waals surface area (Å²) in [5.74, 6) is 0.964. The molecule has 5 nitrogen and oxygen atoms in total. The quantitative estimate of drug-likeness (QED) is 0.308. The van der Waals surface area contributed by atoms with E-state index in [4.69, 9.17) is 4.74 Å². The number of rotatable bonds is 8. The highest BCUT2D eigenvalue weighted by molar-refractivity contribution is 8.18. The van der Waals surface area contributed by atoms with Crippen molar-refractivity contribution in [1.29, 1.82) is 0 Å². The van der Waals surface area contributed by atoms with E-state index in [0.29, 0.717) is 18.1 Å². The van der Waals surface area contributed by atoms with Gasteiger partial charge in [0.25, 0.3) is 11.1 Å². The molecule has 0 N–H and O–H groups in total. The summed E-state index contributed by atoms with van der Waals surface area (Å²) >= 11 is 1.03. The number of benzene rings is 2. The summed E-state index contributed by atoms with van der Waals surface area (Å²) in [6.07, 6.45) is 4.78. The summed E-state index contributed by atoms with van der Waals surface area (Å²) in [5, 5.41) is 0.884. The van der Waals surface area contributed by atoms with Crippen LogP contribution >= 0.6 is 11.8 Å². The number of carbonyl (C=O) groups is 2. The van der Waals surface area contributed by atoms with Gasteiger partial charge in [0.05, 0.1) is 11.5 Å². The number of amides is 2. The van der Waals surface area contributed by atoms with Crippen LogP contribution in [0.25, 0.3) is 17.0 Å². The molecule has 0 unspecified atom stereocenters. The van der Waals surface area contributed by atoms with Crippen molar-refractivity contribution in [3.8, 4) is 5.75 Å². The molecule has 1 aliphatic heterocycles. The van der Waals surface area contributed by atoms with Gasteiger partial charge in [-0.1, -0.05) is 50.2 Å². The molecule has 0 saturated carbocycles. The minimum absolute atomic E-state index is 0.188. The third-order valence-electron chi connectivity index (χ3n) is 5.42. The fraction of sp³-hybridized carbons (Fsp3) is 0.308. The molecule has 0 bridgehead atoms. The van der Waals surface area contributed by atoms with E-state index in [1.54, 1.807) is 0 Å². The van der Waals surface area contributed by atoms with Crippen LogP contribution < -0.4 is 4.74 Å². The fourth-order valence-corrected chi connectivity index (χ4v) is 4.71. The van der Waals surface area contributed by atoms with Gasteiger partial charge in [-0.25, -0.2) is 0 Å². The highest BCUT2D eigenvalue weighted by atomic mass is 32.2. The number of hydrogen-bond acceptors (Lipinski definition) is 4. The van der Waals surface area contributed by atoms with Gasteiger partial charge in [0.1, 0.15) is 5.75 Å². The van der Waals surface area contributed by atoms with Crippen LogP contribution in [0.1, 0.15) is 31.4 Å². The predicted molar refractivity (Wildman–Crippen MR) is 131 cm³/mol. The van der Waals surface area contributed by atoms with E-state index in [0.717, 1.165) is 52.5 Å². The smallest absolute Gasteiger partial charge is 0.293 e. The maximum Gasteiger partial charge on any atom is 0.293 e. The molecule has 0 radical (unpaired) electrons. The molecule has 2 aromatic carbocycles. The number of fused-ring (bicyclic) bond motifs is 1. The second-order valence-corrected chi connectivity index (χ2v) is 9.44. The molecule has 32 heavy (non-hydrogen) atoms. The van der Waals surface area contributed by atoms with Gasteiger partial charge < -0.3 is 9.30 Å². The van der Waals surface area contributed by atoms with Crippen LogP contribution in [-0.2, 0) is 11.3 Å². The second kappa shape index (κ2) is 9.65. The Morgan fingerprint density at radius 3 is 2.59 bits per heavy atom. The SMILES string of the molecule is Cc1ccccc1OCCCn1cc(/C=C2\SC(=O)N(CC(C)C)C2=O)c2ccccc21. The summed E-state index contributed by atoms with van der Waals surface area (Å²) in [4.78, 5) is 26.9. The lowest BCUT2D eigenvalue weighted by Gasteiger charge is -2.14. The normalized spacial score (nSPS) is 15.5. The first kappa shape index (κ1) is 22.2. The van der Waals surface area contributed by atoms with Gasteiger partial charge in [-0.15, -0.1) is 0 Å². The highest BCUT2D eigenvalue weighted by Gasteiger charge is 2.35. The van der Waals surface area contributed by atoms with Crippen molar-refractivity contribution in [2.45, 2.75) is 33.7 Å². The molecule has 0 atom stereocenters. The third kappa shape index (κ3) is 4.75. The van der Waals surface area contributed by atoms with E-state index in [1.165, 1.54) is 4.90 Å². The van der Waals surface area contributed by atoms with Crippen LogP contribution in [0.5, 0.6) is 5.75 Å². The molecule has 2 amide bonds. The van der Waals surface area contributed by atoms with Gasteiger partial charge in [-0.2, -0.15) is 0 Å². The first-order chi connectivity index (χ1) is 15.4. The van der Waals surface area contributed by atoms with Crippen LogP contribution in [-0.4, -0.2) is 33.8 Å². The number of nitrogens with zero attached hydrogens (tertiary/aromatic N) is 2. The number of para-hydroxylation sites is 2. The minimum atomic E-state index is -0.197. The van der Waals surface area contributed by atoms with Gasteiger partial charge in [0.15, 0.2) is 0 Å². The first-order valence-electron chi connectivity index (χ1n) is 11.0. The number of aromatic nitrogens is 1. The summed E-state index contributed by atoms with van der Waals surface area (Å²) in [6, 6.07) is 16.2. The van der Waals surface area contributed by atoms with Crippen LogP contribution in [0.4, 0.5) is 4.79 Å². The molecule has 166 valence electrons. The average Bonchev–Trinajstić information content (AvgIpc) is 3.24. The molecule has 1 aliphatic rings. The van der Waals surface area contributed by atoms with Crippen molar-refractivity contribution < 1.29 is 14.3 Å². The van der Waals surface area contributed by atoms with Gasteiger partial charge in [-0.3, -0.25) is 14.5 Å². The zero-order valence-electron chi connectivity index (χ0n) is 18.7.